The largest absolute Gasteiger partial charge is 0.348 e. The highest BCUT2D eigenvalue weighted by molar-refractivity contribution is 7.89. The van der Waals surface area contributed by atoms with E-state index in [9.17, 15) is 17.6 Å². The minimum absolute atomic E-state index is 0.104. The van der Waals surface area contributed by atoms with Crippen LogP contribution in [0.5, 0.6) is 0 Å². The summed E-state index contributed by atoms with van der Waals surface area (Å²) >= 11 is 0. The number of nitrogens with one attached hydrogen (secondary N) is 2. The van der Waals surface area contributed by atoms with Crippen molar-refractivity contribution in [2.75, 3.05) is 0 Å². The van der Waals surface area contributed by atoms with Crippen molar-refractivity contribution >= 4 is 15.9 Å². The van der Waals surface area contributed by atoms with Crippen LogP contribution in [0, 0.1) is 26.6 Å². The van der Waals surface area contributed by atoms with Crippen LogP contribution in [0.25, 0.3) is 0 Å². The maximum atomic E-state index is 13.3. The lowest BCUT2D eigenvalue weighted by Crippen LogP contribution is -2.48. The van der Waals surface area contributed by atoms with Gasteiger partial charge in [-0.15, -0.1) is 0 Å². The van der Waals surface area contributed by atoms with E-state index < -0.39 is 27.8 Å². The maximum absolute atomic E-state index is 13.3. The molecule has 0 fully saturated rings. The van der Waals surface area contributed by atoms with Crippen LogP contribution in [0.4, 0.5) is 4.39 Å². The molecule has 7 heteroatoms. The Balaban J connectivity index is 1.86. The number of rotatable bonds is 8. The van der Waals surface area contributed by atoms with Crippen LogP contribution in [0.3, 0.4) is 0 Å². The standard InChI is InChI=1S/C26H29FN2O3S/c1-17-14-19(3)24(15-18(17)2)20(4)28-26(30)25(16-21-8-6-5-7-9-21)29-33(31,32)23-12-10-22(27)11-13-23/h5-15,20,25,29H,16H2,1-4H3,(H,28,30)/t20-,25+/m0/s1. The average Bonchev–Trinajstić information content (AvgIpc) is 2.76. The summed E-state index contributed by atoms with van der Waals surface area (Å²) in [6, 6.07) is 16.5. The van der Waals surface area contributed by atoms with Crippen molar-refractivity contribution in [3.05, 3.63) is 100 Å². The number of benzene rings is 3. The third kappa shape index (κ3) is 6.27. The van der Waals surface area contributed by atoms with Gasteiger partial charge >= 0.3 is 0 Å². The van der Waals surface area contributed by atoms with E-state index in [2.05, 4.69) is 16.1 Å². The van der Waals surface area contributed by atoms with Gasteiger partial charge in [0.2, 0.25) is 15.9 Å². The number of aryl methyl sites for hydroxylation is 3. The molecule has 3 aromatic carbocycles. The van der Waals surface area contributed by atoms with Crippen LogP contribution in [0.2, 0.25) is 0 Å². The minimum atomic E-state index is -4.04. The highest BCUT2D eigenvalue weighted by Crippen LogP contribution is 2.22. The van der Waals surface area contributed by atoms with Crippen molar-refractivity contribution in [1.29, 1.82) is 0 Å². The van der Waals surface area contributed by atoms with Gasteiger partial charge in [-0.05, 0) is 86.2 Å². The summed E-state index contributed by atoms with van der Waals surface area (Å²) in [5.74, 6) is -0.972. The molecule has 5 nitrogen and oxygen atoms in total. The van der Waals surface area contributed by atoms with E-state index in [4.69, 9.17) is 0 Å². The Kier molecular flexibility index (Phi) is 7.66. The first-order chi connectivity index (χ1) is 15.6. The summed E-state index contributed by atoms with van der Waals surface area (Å²) in [5.41, 5.74) is 5.14. The van der Waals surface area contributed by atoms with E-state index in [1.807, 2.05) is 64.1 Å². The molecule has 0 saturated carbocycles. The molecule has 2 N–H and O–H groups in total. The third-order valence-corrected chi connectivity index (χ3v) is 7.22. The minimum Gasteiger partial charge on any atom is -0.348 e. The Morgan fingerprint density at radius 1 is 0.909 bits per heavy atom. The van der Waals surface area contributed by atoms with Gasteiger partial charge in [0.05, 0.1) is 10.9 Å². The molecule has 0 spiro atoms. The lowest BCUT2D eigenvalue weighted by Gasteiger charge is -2.23. The quantitative estimate of drug-likeness (QED) is 0.511. The fourth-order valence-electron chi connectivity index (χ4n) is 3.75. The van der Waals surface area contributed by atoms with Crippen molar-refractivity contribution in [2.24, 2.45) is 0 Å². The van der Waals surface area contributed by atoms with Crippen LogP contribution >= 0.6 is 0 Å². The Labute approximate surface area is 195 Å². The summed E-state index contributed by atoms with van der Waals surface area (Å²) in [4.78, 5) is 13.2. The van der Waals surface area contributed by atoms with E-state index >= 15 is 0 Å². The topological polar surface area (TPSA) is 75.3 Å². The summed E-state index contributed by atoms with van der Waals surface area (Å²) in [6.45, 7) is 7.92. The molecular weight excluding hydrogens is 439 g/mol. The first kappa shape index (κ1) is 24.6. The summed E-state index contributed by atoms with van der Waals surface area (Å²) < 4.78 is 41.6. The predicted molar refractivity (Wildman–Crippen MR) is 128 cm³/mol. The van der Waals surface area contributed by atoms with E-state index in [0.717, 1.165) is 34.4 Å². The number of carbonyl (C=O) groups excluding carboxylic acids is 1. The number of halogens is 1. The lowest BCUT2D eigenvalue weighted by atomic mass is 9.96. The zero-order valence-corrected chi connectivity index (χ0v) is 20.0. The Morgan fingerprint density at radius 3 is 2.15 bits per heavy atom. The SMILES string of the molecule is Cc1cc(C)c([C@H](C)NC(=O)[C@@H](Cc2ccccc2)NS(=O)(=O)c2ccc(F)cc2)cc1C. The first-order valence-electron chi connectivity index (χ1n) is 10.8. The molecule has 0 bridgehead atoms. The molecule has 0 radical (unpaired) electrons. The molecule has 0 aliphatic heterocycles. The highest BCUT2D eigenvalue weighted by Gasteiger charge is 2.27. The van der Waals surface area contributed by atoms with Crippen molar-refractivity contribution in [2.45, 2.75) is 51.1 Å². The molecular formula is C26H29FN2O3S. The molecule has 3 rings (SSSR count). The van der Waals surface area contributed by atoms with Gasteiger partial charge in [0.1, 0.15) is 11.9 Å². The van der Waals surface area contributed by atoms with Gasteiger partial charge in [-0.2, -0.15) is 4.72 Å². The predicted octanol–water partition coefficient (Wildman–Crippen LogP) is 4.52. The van der Waals surface area contributed by atoms with Gasteiger partial charge in [0.15, 0.2) is 0 Å². The number of amides is 1. The second kappa shape index (κ2) is 10.3. The second-order valence-corrected chi connectivity index (χ2v) is 10.1. The zero-order valence-electron chi connectivity index (χ0n) is 19.2. The number of sulfonamides is 1. The average molecular weight is 469 g/mol. The molecule has 33 heavy (non-hydrogen) atoms. The Morgan fingerprint density at radius 2 is 1.52 bits per heavy atom. The molecule has 174 valence electrons. The molecule has 3 aromatic rings. The lowest BCUT2D eigenvalue weighted by molar-refractivity contribution is -0.123. The third-order valence-electron chi connectivity index (χ3n) is 5.73. The van der Waals surface area contributed by atoms with Gasteiger partial charge in [-0.25, -0.2) is 12.8 Å². The highest BCUT2D eigenvalue weighted by atomic mass is 32.2. The molecule has 0 saturated heterocycles. The van der Waals surface area contributed by atoms with Crippen LogP contribution < -0.4 is 10.0 Å². The van der Waals surface area contributed by atoms with Gasteiger partial charge in [-0.3, -0.25) is 4.79 Å². The summed E-state index contributed by atoms with van der Waals surface area (Å²) in [5, 5.41) is 2.96. The maximum Gasteiger partial charge on any atom is 0.241 e. The molecule has 0 aliphatic carbocycles. The number of carbonyl (C=O) groups is 1. The van der Waals surface area contributed by atoms with Gasteiger partial charge in [0, 0.05) is 0 Å². The molecule has 2 atom stereocenters. The number of hydrogen-bond donors (Lipinski definition) is 2. The monoisotopic (exact) mass is 468 g/mol. The number of hydrogen-bond acceptors (Lipinski definition) is 3. The summed E-state index contributed by atoms with van der Waals surface area (Å²) in [7, 11) is -4.04. The van der Waals surface area contributed by atoms with E-state index in [0.29, 0.717) is 0 Å². The summed E-state index contributed by atoms with van der Waals surface area (Å²) in [6.07, 6.45) is 0.172. The molecule has 0 heterocycles. The van der Waals surface area contributed by atoms with Crippen LogP contribution in [0.1, 0.15) is 40.8 Å². The van der Waals surface area contributed by atoms with Crippen LogP contribution in [-0.2, 0) is 21.2 Å². The van der Waals surface area contributed by atoms with E-state index in [-0.39, 0.29) is 17.4 Å². The Hall–Kier alpha value is -3.03. The van der Waals surface area contributed by atoms with Crippen molar-refractivity contribution in [3.8, 4) is 0 Å². The van der Waals surface area contributed by atoms with E-state index in [1.54, 1.807) is 0 Å². The van der Waals surface area contributed by atoms with Gasteiger partial charge < -0.3 is 5.32 Å². The fraction of sp³-hybridized carbons (Fsp3) is 0.269. The van der Waals surface area contributed by atoms with Gasteiger partial charge in [-0.1, -0.05) is 42.5 Å². The second-order valence-electron chi connectivity index (χ2n) is 8.34. The molecule has 0 aliphatic rings. The van der Waals surface area contributed by atoms with E-state index in [1.165, 1.54) is 17.7 Å². The van der Waals surface area contributed by atoms with Crippen molar-refractivity contribution < 1.29 is 17.6 Å². The van der Waals surface area contributed by atoms with Gasteiger partial charge in [0.25, 0.3) is 0 Å². The van der Waals surface area contributed by atoms with Crippen molar-refractivity contribution in [3.63, 3.8) is 0 Å². The first-order valence-corrected chi connectivity index (χ1v) is 12.2. The Bertz CT molecular complexity index is 1230. The molecule has 1 amide bonds. The van der Waals surface area contributed by atoms with Crippen LogP contribution in [0.15, 0.2) is 71.6 Å². The van der Waals surface area contributed by atoms with Crippen LogP contribution in [-0.4, -0.2) is 20.4 Å². The molecule has 0 unspecified atom stereocenters. The fourth-order valence-corrected chi connectivity index (χ4v) is 4.94. The zero-order chi connectivity index (χ0) is 24.2. The smallest absolute Gasteiger partial charge is 0.241 e. The van der Waals surface area contributed by atoms with Crippen molar-refractivity contribution in [1.82, 2.24) is 10.0 Å². The molecule has 0 aromatic heterocycles. The normalized spacial score (nSPS) is 13.4.